The predicted molar refractivity (Wildman–Crippen MR) is 57.6 cm³/mol. The van der Waals surface area contributed by atoms with Gasteiger partial charge in [-0.1, -0.05) is 0 Å². The fourth-order valence-electron chi connectivity index (χ4n) is 1.79. The zero-order valence-corrected chi connectivity index (χ0v) is 9.16. The summed E-state index contributed by atoms with van der Waals surface area (Å²) in [6.07, 6.45) is 1.83. The molecule has 1 aliphatic heterocycles. The second kappa shape index (κ2) is 5.30. The van der Waals surface area contributed by atoms with Crippen LogP contribution in [0, 0.1) is 0 Å². The molecular formula is C11H18N2O2. The van der Waals surface area contributed by atoms with Crippen molar-refractivity contribution >= 4 is 0 Å². The molecule has 15 heavy (non-hydrogen) atoms. The third kappa shape index (κ3) is 3.06. The Labute approximate surface area is 90.2 Å². The molecule has 0 radical (unpaired) electrons. The van der Waals surface area contributed by atoms with Crippen molar-refractivity contribution in [2.45, 2.75) is 13.1 Å². The number of ether oxygens (including phenoxy) is 1. The van der Waals surface area contributed by atoms with Crippen LogP contribution in [0.4, 0.5) is 0 Å². The lowest BCUT2D eigenvalue weighted by atomic mass is 10.3. The maximum Gasteiger partial charge on any atom is 0.118 e. The molecule has 0 spiro atoms. The van der Waals surface area contributed by atoms with Gasteiger partial charge in [0.25, 0.3) is 0 Å². The maximum atomic E-state index is 5.50. The quantitative estimate of drug-likeness (QED) is 0.799. The van der Waals surface area contributed by atoms with Gasteiger partial charge in [-0.15, -0.1) is 0 Å². The van der Waals surface area contributed by atoms with Gasteiger partial charge in [-0.2, -0.15) is 0 Å². The standard InChI is InChI=1S/C11H18N2O2/c1-12-7-10-6-11(15-9-10)8-13-2-4-14-5-3-13/h6,9,12H,2-5,7-8H2,1H3. The van der Waals surface area contributed by atoms with Crippen LogP contribution in [0.25, 0.3) is 0 Å². The van der Waals surface area contributed by atoms with Crippen LogP contribution < -0.4 is 5.32 Å². The van der Waals surface area contributed by atoms with Gasteiger partial charge >= 0.3 is 0 Å². The molecule has 2 rings (SSSR count). The van der Waals surface area contributed by atoms with E-state index in [4.69, 9.17) is 9.15 Å². The highest BCUT2D eigenvalue weighted by molar-refractivity contribution is 5.12. The lowest BCUT2D eigenvalue weighted by Crippen LogP contribution is -2.35. The van der Waals surface area contributed by atoms with Gasteiger partial charge in [0, 0.05) is 25.2 Å². The molecule has 1 fully saturated rings. The Balaban J connectivity index is 1.86. The highest BCUT2D eigenvalue weighted by Crippen LogP contribution is 2.11. The first kappa shape index (κ1) is 10.7. The first-order valence-corrected chi connectivity index (χ1v) is 5.39. The van der Waals surface area contributed by atoms with Gasteiger partial charge < -0.3 is 14.5 Å². The van der Waals surface area contributed by atoms with Crippen LogP contribution in [-0.4, -0.2) is 38.3 Å². The largest absolute Gasteiger partial charge is 0.468 e. The highest BCUT2D eigenvalue weighted by atomic mass is 16.5. The van der Waals surface area contributed by atoms with Crippen LogP contribution in [0.5, 0.6) is 0 Å². The average molecular weight is 210 g/mol. The molecule has 4 heteroatoms. The van der Waals surface area contributed by atoms with Crippen LogP contribution in [0.3, 0.4) is 0 Å². The summed E-state index contributed by atoms with van der Waals surface area (Å²) in [5.74, 6) is 1.04. The molecule has 1 N–H and O–H groups in total. The molecule has 0 aromatic carbocycles. The van der Waals surface area contributed by atoms with E-state index in [-0.39, 0.29) is 0 Å². The Morgan fingerprint density at radius 1 is 1.40 bits per heavy atom. The predicted octanol–water partition coefficient (Wildman–Crippen LogP) is 0.831. The van der Waals surface area contributed by atoms with Crippen LogP contribution in [0.2, 0.25) is 0 Å². The number of hydrogen-bond acceptors (Lipinski definition) is 4. The summed E-state index contributed by atoms with van der Waals surface area (Å²) < 4.78 is 10.8. The second-order valence-electron chi connectivity index (χ2n) is 3.84. The third-order valence-electron chi connectivity index (χ3n) is 2.57. The van der Waals surface area contributed by atoms with Crippen molar-refractivity contribution in [1.82, 2.24) is 10.2 Å². The Morgan fingerprint density at radius 2 is 2.20 bits per heavy atom. The number of hydrogen-bond donors (Lipinski definition) is 1. The van der Waals surface area contributed by atoms with Crippen LogP contribution >= 0.6 is 0 Å². The second-order valence-corrected chi connectivity index (χ2v) is 3.84. The van der Waals surface area contributed by atoms with Crippen LogP contribution in [0.15, 0.2) is 16.7 Å². The minimum Gasteiger partial charge on any atom is -0.468 e. The molecule has 1 aliphatic rings. The number of nitrogens with one attached hydrogen (secondary N) is 1. The van der Waals surface area contributed by atoms with Gasteiger partial charge in [0.15, 0.2) is 0 Å². The Hall–Kier alpha value is -0.840. The summed E-state index contributed by atoms with van der Waals surface area (Å²) in [7, 11) is 1.94. The average Bonchev–Trinajstić information content (AvgIpc) is 2.68. The van der Waals surface area contributed by atoms with Crippen molar-refractivity contribution in [1.29, 1.82) is 0 Å². The van der Waals surface area contributed by atoms with Gasteiger partial charge in [-0.05, 0) is 13.1 Å². The number of rotatable bonds is 4. The van der Waals surface area contributed by atoms with Crippen molar-refractivity contribution in [2.75, 3.05) is 33.4 Å². The third-order valence-corrected chi connectivity index (χ3v) is 2.57. The molecule has 1 aromatic rings. The minimum absolute atomic E-state index is 0.837. The molecule has 0 bridgehead atoms. The highest BCUT2D eigenvalue weighted by Gasteiger charge is 2.12. The lowest BCUT2D eigenvalue weighted by Gasteiger charge is -2.25. The number of furan rings is 1. The van der Waals surface area contributed by atoms with Gasteiger partial charge in [0.2, 0.25) is 0 Å². The van der Waals surface area contributed by atoms with E-state index in [9.17, 15) is 0 Å². The summed E-state index contributed by atoms with van der Waals surface area (Å²) in [4.78, 5) is 2.35. The monoisotopic (exact) mass is 210 g/mol. The zero-order chi connectivity index (χ0) is 10.5. The van der Waals surface area contributed by atoms with Gasteiger partial charge in [0.05, 0.1) is 26.0 Å². The molecule has 0 saturated carbocycles. The molecule has 0 unspecified atom stereocenters. The Kier molecular flexibility index (Phi) is 3.77. The van der Waals surface area contributed by atoms with Crippen molar-refractivity contribution < 1.29 is 9.15 Å². The first-order chi connectivity index (χ1) is 7.38. The molecule has 0 atom stereocenters. The van der Waals surface area contributed by atoms with Gasteiger partial charge in [0.1, 0.15) is 5.76 Å². The summed E-state index contributed by atoms with van der Waals surface area (Å²) in [6.45, 7) is 5.44. The molecule has 2 heterocycles. The fraction of sp³-hybridized carbons (Fsp3) is 0.636. The fourth-order valence-corrected chi connectivity index (χ4v) is 1.79. The SMILES string of the molecule is CNCc1coc(CN2CCOCC2)c1. The Morgan fingerprint density at radius 3 is 2.93 bits per heavy atom. The molecule has 1 aromatic heterocycles. The van der Waals surface area contributed by atoms with Crippen LogP contribution in [-0.2, 0) is 17.8 Å². The van der Waals surface area contributed by atoms with E-state index in [1.807, 2.05) is 13.3 Å². The van der Waals surface area contributed by atoms with Crippen molar-refractivity contribution in [3.05, 3.63) is 23.7 Å². The zero-order valence-electron chi connectivity index (χ0n) is 9.16. The summed E-state index contributed by atoms with van der Waals surface area (Å²) in [6, 6.07) is 2.12. The molecular weight excluding hydrogens is 192 g/mol. The van der Waals surface area contributed by atoms with Crippen molar-refractivity contribution in [3.8, 4) is 0 Å². The molecule has 84 valence electrons. The van der Waals surface area contributed by atoms with Crippen molar-refractivity contribution in [3.63, 3.8) is 0 Å². The normalized spacial score (nSPS) is 18.2. The minimum atomic E-state index is 0.837. The van der Waals surface area contributed by atoms with E-state index < -0.39 is 0 Å². The lowest BCUT2D eigenvalue weighted by molar-refractivity contribution is 0.0313. The smallest absolute Gasteiger partial charge is 0.118 e. The van der Waals surface area contributed by atoms with E-state index in [1.165, 1.54) is 5.56 Å². The van der Waals surface area contributed by atoms with E-state index in [1.54, 1.807) is 0 Å². The maximum absolute atomic E-state index is 5.50. The van der Waals surface area contributed by atoms with Gasteiger partial charge in [-0.3, -0.25) is 4.90 Å². The van der Waals surface area contributed by atoms with Crippen molar-refractivity contribution in [2.24, 2.45) is 0 Å². The van der Waals surface area contributed by atoms with E-state index in [0.29, 0.717) is 0 Å². The number of nitrogens with zero attached hydrogens (tertiary/aromatic N) is 1. The number of morpholine rings is 1. The summed E-state index contributed by atoms with van der Waals surface area (Å²) in [5, 5.41) is 3.11. The van der Waals surface area contributed by atoms with E-state index >= 15 is 0 Å². The van der Waals surface area contributed by atoms with Gasteiger partial charge in [-0.25, -0.2) is 0 Å². The Bertz CT molecular complexity index is 293. The van der Waals surface area contributed by atoms with E-state index in [0.717, 1.165) is 45.2 Å². The molecule has 0 aliphatic carbocycles. The van der Waals surface area contributed by atoms with E-state index in [2.05, 4.69) is 16.3 Å². The molecule has 0 amide bonds. The summed E-state index contributed by atoms with van der Waals surface area (Å²) >= 11 is 0. The first-order valence-electron chi connectivity index (χ1n) is 5.39. The topological polar surface area (TPSA) is 37.6 Å². The summed E-state index contributed by atoms with van der Waals surface area (Å²) in [5.41, 5.74) is 1.21. The molecule has 1 saturated heterocycles. The molecule has 4 nitrogen and oxygen atoms in total. The van der Waals surface area contributed by atoms with Crippen LogP contribution in [0.1, 0.15) is 11.3 Å².